The Morgan fingerprint density at radius 1 is 1.27 bits per heavy atom. The minimum absolute atomic E-state index is 0.170. The third kappa shape index (κ3) is 2.90. The summed E-state index contributed by atoms with van der Waals surface area (Å²) < 4.78 is 49.3. The maximum atomic E-state index is 12.9. The average Bonchev–Trinajstić information content (AvgIpc) is 2.12. The highest BCUT2D eigenvalue weighted by atomic mass is 19.4. The second-order valence-corrected chi connectivity index (χ2v) is 2.69. The fraction of sp³-hybridized carbons (Fsp3) is 0.100. The van der Waals surface area contributed by atoms with Gasteiger partial charge in [0, 0.05) is 0 Å². The number of hydrogen-bond acceptors (Lipinski definition) is 1. The minimum atomic E-state index is -4.71. The van der Waals surface area contributed by atoms with Crippen molar-refractivity contribution in [3.63, 3.8) is 0 Å². The van der Waals surface area contributed by atoms with Gasteiger partial charge in [-0.2, -0.15) is 13.2 Å². The number of allylic oxidation sites excluding steroid dienone is 1. The van der Waals surface area contributed by atoms with E-state index in [1.807, 2.05) is 0 Å². The minimum Gasteiger partial charge on any atom is -0.286 e. The van der Waals surface area contributed by atoms with Crippen LogP contribution in [-0.4, -0.2) is 6.29 Å². The Morgan fingerprint density at radius 3 is 2.40 bits per heavy atom. The SMILES string of the molecule is O=[C]C=Cc1ccc(C(F)(F)F)c(F)c1. The molecule has 0 aliphatic rings. The van der Waals surface area contributed by atoms with Crippen LogP contribution < -0.4 is 0 Å². The number of halogens is 4. The largest absolute Gasteiger partial charge is 0.419 e. The first-order valence-corrected chi connectivity index (χ1v) is 3.86. The number of carbonyl (C=O) groups excluding carboxylic acids is 1. The van der Waals surface area contributed by atoms with E-state index in [1.54, 1.807) is 0 Å². The van der Waals surface area contributed by atoms with E-state index in [2.05, 4.69) is 0 Å². The molecule has 15 heavy (non-hydrogen) atoms. The second-order valence-electron chi connectivity index (χ2n) is 2.69. The van der Waals surface area contributed by atoms with Crippen LogP contribution in [0.15, 0.2) is 24.3 Å². The Kier molecular flexibility index (Phi) is 3.24. The van der Waals surface area contributed by atoms with Crippen molar-refractivity contribution in [2.24, 2.45) is 0 Å². The molecule has 0 saturated heterocycles. The Hall–Kier alpha value is -1.65. The van der Waals surface area contributed by atoms with Gasteiger partial charge in [-0.05, 0) is 23.8 Å². The predicted molar refractivity (Wildman–Crippen MR) is 46.1 cm³/mol. The summed E-state index contributed by atoms with van der Waals surface area (Å²) in [5.74, 6) is -1.37. The second kappa shape index (κ2) is 4.25. The Balaban J connectivity index is 3.09. The van der Waals surface area contributed by atoms with Gasteiger partial charge in [-0.3, -0.25) is 4.79 Å². The highest BCUT2D eigenvalue weighted by Crippen LogP contribution is 2.31. The van der Waals surface area contributed by atoms with Crippen LogP contribution in [0.1, 0.15) is 11.1 Å². The zero-order chi connectivity index (χ0) is 11.5. The van der Waals surface area contributed by atoms with Crippen LogP contribution in [0, 0.1) is 5.82 Å². The fourth-order valence-corrected chi connectivity index (χ4v) is 0.995. The molecule has 0 aliphatic heterocycles. The van der Waals surface area contributed by atoms with E-state index in [0.717, 1.165) is 18.2 Å². The number of benzene rings is 1. The van der Waals surface area contributed by atoms with Crippen molar-refractivity contribution in [1.29, 1.82) is 0 Å². The molecule has 0 saturated carbocycles. The molecule has 0 aliphatic carbocycles. The molecule has 0 unspecified atom stereocenters. The van der Waals surface area contributed by atoms with Crippen LogP contribution in [0.2, 0.25) is 0 Å². The zero-order valence-corrected chi connectivity index (χ0v) is 7.31. The maximum absolute atomic E-state index is 12.9. The lowest BCUT2D eigenvalue weighted by Crippen LogP contribution is -2.07. The van der Waals surface area contributed by atoms with Crippen molar-refractivity contribution >= 4 is 12.4 Å². The molecule has 1 aromatic carbocycles. The van der Waals surface area contributed by atoms with Gasteiger partial charge in [0.2, 0.25) is 6.29 Å². The molecule has 5 heteroatoms. The van der Waals surface area contributed by atoms with Gasteiger partial charge in [-0.25, -0.2) is 4.39 Å². The first kappa shape index (κ1) is 11.4. The standard InChI is InChI=1S/C10H5F4O/c11-9-6-7(2-1-5-15)3-4-8(9)10(12,13)14/h1-4,6H. The van der Waals surface area contributed by atoms with Gasteiger partial charge in [-0.15, -0.1) is 0 Å². The van der Waals surface area contributed by atoms with Gasteiger partial charge in [0.05, 0.1) is 5.56 Å². The van der Waals surface area contributed by atoms with Crippen molar-refractivity contribution < 1.29 is 22.4 Å². The topological polar surface area (TPSA) is 17.1 Å². The van der Waals surface area contributed by atoms with Gasteiger partial charge in [0.25, 0.3) is 0 Å². The summed E-state index contributed by atoms with van der Waals surface area (Å²) in [6, 6.07) is 2.40. The van der Waals surface area contributed by atoms with Crippen molar-refractivity contribution in [2.75, 3.05) is 0 Å². The van der Waals surface area contributed by atoms with E-state index >= 15 is 0 Å². The van der Waals surface area contributed by atoms with Crippen molar-refractivity contribution in [3.8, 4) is 0 Å². The fourth-order valence-electron chi connectivity index (χ4n) is 0.995. The third-order valence-corrected chi connectivity index (χ3v) is 1.64. The lowest BCUT2D eigenvalue weighted by molar-refractivity contribution is -0.140. The molecule has 0 aromatic heterocycles. The first-order chi connectivity index (χ1) is 6.95. The van der Waals surface area contributed by atoms with Crippen LogP contribution >= 0.6 is 0 Å². The summed E-state index contributed by atoms with van der Waals surface area (Å²) in [5, 5.41) is 0. The number of alkyl halides is 3. The normalized spacial score (nSPS) is 12.0. The molecule has 0 bridgehead atoms. The van der Waals surface area contributed by atoms with E-state index in [0.29, 0.717) is 12.1 Å². The molecular weight excluding hydrogens is 212 g/mol. The summed E-state index contributed by atoms with van der Waals surface area (Å²) in [5.41, 5.74) is -1.15. The molecule has 0 heterocycles. The van der Waals surface area contributed by atoms with Crippen LogP contribution in [0.25, 0.3) is 6.08 Å². The van der Waals surface area contributed by atoms with Gasteiger partial charge in [0.15, 0.2) is 0 Å². The van der Waals surface area contributed by atoms with Crippen molar-refractivity contribution in [1.82, 2.24) is 0 Å². The van der Waals surface area contributed by atoms with E-state index in [1.165, 1.54) is 6.29 Å². The Morgan fingerprint density at radius 2 is 1.93 bits per heavy atom. The summed E-state index contributed by atoms with van der Waals surface area (Å²) in [4.78, 5) is 9.80. The summed E-state index contributed by atoms with van der Waals surface area (Å²) in [6.07, 6.45) is -1.19. The molecule has 1 rings (SSSR count). The molecule has 1 radical (unpaired) electrons. The summed E-state index contributed by atoms with van der Waals surface area (Å²) >= 11 is 0. The maximum Gasteiger partial charge on any atom is 0.419 e. The average molecular weight is 217 g/mol. The lowest BCUT2D eigenvalue weighted by Gasteiger charge is -2.07. The highest BCUT2D eigenvalue weighted by Gasteiger charge is 2.33. The predicted octanol–water partition coefficient (Wildman–Crippen LogP) is 2.97. The van der Waals surface area contributed by atoms with E-state index < -0.39 is 17.6 Å². The van der Waals surface area contributed by atoms with Gasteiger partial charge in [0.1, 0.15) is 5.82 Å². The lowest BCUT2D eigenvalue weighted by atomic mass is 10.1. The molecule has 79 valence electrons. The summed E-state index contributed by atoms with van der Waals surface area (Å²) in [7, 11) is 0. The van der Waals surface area contributed by atoms with Crippen LogP contribution in [-0.2, 0) is 11.0 Å². The molecular formula is C10H5F4O. The number of rotatable bonds is 2. The summed E-state index contributed by atoms with van der Waals surface area (Å²) in [6.45, 7) is 0. The number of hydrogen-bond donors (Lipinski definition) is 0. The monoisotopic (exact) mass is 217 g/mol. The molecule has 0 spiro atoms. The third-order valence-electron chi connectivity index (χ3n) is 1.64. The van der Waals surface area contributed by atoms with Crippen LogP contribution in [0.5, 0.6) is 0 Å². The van der Waals surface area contributed by atoms with Crippen molar-refractivity contribution in [2.45, 2.75) is 6.18 Å². The smallest absolute Gasteiger partial charge is 0.286 e. The van der Waals surface area contributed by atoms with E-state index in [-0.39, 0.29) is 5.56 Å². The quantitative estimate of drug-likeness (QED) is 0.549. The van der Waals surface area contributed by atoms with Crippen LogP contribution in [0.4, 0.5) is 17.6 Å². The first-order valence-electron chi connectivity index (χ1n) is 3.86. The zero-order valence-electron chi connectivity index (χ0n) is 7.31. The molecule has 0 fully saturated rings. The molecule has 0 N–H and O–H groups in total. The van der Waals surface area contributed by atoms with Gasteiger partial charge >= 0.3 is 6.18 Å². The van der Waals surface area contributed by atoms with E-state index in [9.17, 15) is 22.4 Å². The Labute approximate surface area is 83.0 Å². The molecule has 1 nitrogen and oxygen atoms in total. The Bertz CT molecular complexity index is 393. The van der Waals surface area contributed by atoms with E-state index in [4.69, 9.17) is 0 Å². The molecule has 1 aromatic rings. The van der Waals surface area contributed by atoms with Gasteiger partial charge in [-0.1, -0.05) is 12.1 Å². The van der Waals surface area contributed by atoms with Crippen LogP contribution in [0.3, 0.4) is 0 Å². The molecule has 0 amide bonds. The highest BCUT2D eigenvalue weighted by molar-refractivity contribution is 5.74. The molecule has 0 atom stereocenters. The van der Waals surface area contributed by atoms with Crippen molar-refractivity contribution in [3.05, 3.63) is 41.2 Å². The van der Waals surface area contributed by atoms with Gasteiger partial charge < -0.3 is 0 Å².